The Morgan fingerprint density at radius 3 is 2.49 bits per heavy atom. The largest absolute Gasteiger partial charge is 0.492 e. The van der Waals surface area contributed by atoms with Gasteiger partial charge < -0.3 is 20.1 Å². The lowest BCUT2D eigenvalue weighted by atomic mass is 9.58. The van der Waals surface area contributed by atoms with Crippen LogP contribution in [-0.4, -0.2) is 31.5 Å². The summed E-state index contributed by atoms with van der Waals surface area (Å²) in [4.78, 5) is 40.2. The first-order valence-corrected chi connectivity index (χ1v) is 14.6. The Hall–Kier alpha value is -3.07. The maximum Gasteiger partial charge on any atom is 0.314 e. The van der Waals surface area contributed by atoms with Gasteiger partial charge in [-0.25, -0.2) is 0 Å². The number of carbonyl (C=O) groups is 3. The minimum Gasteiger partial charge on any atom is -0.492 e. The Morgan fingerprint density at radius 2 is 1.76 bits per heavy atom. The summed E-state index contributed by atoms with van der Waals surface area (Å²) in [7, 11) is 1.33. The van der Waals surface area contributed by atoms with Gasteiger partial charge in [0.2, 0.25) is 11.8 Å². The predicted octanol–water partition coefficient (Wildman–Crippen LogP) is 6.88. The lowest BCUT2D eigenvalue weighted by molar-refractivity contribution is -0.152. The third-order valence-corrected chi connectivity index (χ3v) is 8.94. The Morgan fingerprint density at radius 1 is 1.05 bits per heavy atom. The molecule has 0 unspecified atom stereocenters. The summed E-state index contributed by atoms with van der Waals surface area (Å²) in [5.41, 5.74) is 1.37. The number of benzene rings is 3. The highest BCUT2D eigenvalue weighted by molar-refractivity contribution is 9.10. The number of nitrogens with one attached hydrogen (secondary N) is 2. The maximum absolute atomic E-state index is 14.4. The molecule has 2 heterocycles. The van der Waals surface area contributed by atoms with Gasteiger partial charge in [0.25, 0.3) is 0 Å². The highest BCUT2D eigenvalue weighted by atomic mass is 79.9. The number of ether oxygens (including phenoxy) is 2. The number of anilines is 1. The SMILES string of the molecule is COC(=O)C(C)(C)COc1ccc(Br)cc1[C@H]1NC(=O)C[C@@H](c2cc(Cl)ccc2C)[C@]12C(=O)Nc1cc(Cl)ccc12. The molecule has 1 saturated heterocycles. The van der Waals surface area contributed by atoms with Crippen molar-refractivity contribution in [3.05, 3.63) is 91.4 Å². The molecule has 2 aliphatic rings. The molecular formula is C31H29BrCl2N2O5. The lowest BCUT2D eigenvalue weighted by Crippen LogP contribution is -2.57. The summed E-state index contributed by atoms with van der Waals surface area (Å²) in [6, 6.07) is 15.4. The molecule has 0 aliphatic carbocycles. The number of hydrogen-bond donors (Lipinski definition) is 2. The normalized spacial score (nSPS) is 21.7. The predicted molar refractivity (Wildman–Crippen MR) is 162 cm³/mol. The second kappa shape index (κ2) is 11.0. The maximum atomic E-state index is 14.4. The zero-order valence-electron chi connectivity index (χ0n) is 22.9. The van der Waals surface area contributed by atoms with E-state index in [9.17, 15) is 14.4 Å². The van der Waals surface area contributed by atoms with Gasteiger partial charge in [-0.15, -0.1) is 0 Å². The van der Waals surface area contributed by atoms with Gasteiger partial charge in [-0.3, -0.25) is 14.4 Å². The van der Waals surface area contributed by atoms with E-state index in [0.717, 1.165) is 15.6 Å². The van der Waals surface area contributed by atoms with Gasteiger partial charge in [-0.1, -0.05) is 51.3 Å². The van der Waals surface area contributed by atoms with Crippen molar-refractivity contribution in [1.29, 1.82) is 0 Å². The second-order valence-corrected chi connectivity index (χ2v) is 12.9. The fraction of sp³-hybridized carbons (Fsp3) is 0.323. The molecular weight excluding hydrogens is 631 g/mol. The molecule has 0 radical (unpaired) electrons. The summed E-state index contributed by atoms with van der Waals surface area (Å²) in [5, 5.41) is 7.15. The smallest absolute Gasteiger partial charge is 0.314 e. The number of amides is 2. The average Bonchev–Trinajstić information content (AvgIpc) is 3.20. The number of carbonyl (C=O) groups excluding carboxylic acids is 3. The number of piperidine rings is 1. The quantitative estimate of drug-likeness (QED) is 0.282. The van der Waals surface area contributed by atoms with Crippen molar-refractivity contribution >= 4 is 62.6 Å². The van der Waals surface area contributed by atoms with Crippen LogP contribution < -0.4 is 15.4 Å². The monoisotopic (exact) mass is 658 g/mol. The molecule has 41 heavy (non-hydrogen) atoms. The van der Waals surface area contributed by atoms with Gasteiger partial charge in [-0.05, 0) is 79.9 Å². The van der Waals surface area contributed by atoms with E-state index in [4.69, 9.17) is 32.7 Å². The van der Waals surface area contributed by atoms with Gasteiger partial charge in [0, 0.05) is 38.1 Å². The van der Waals surface area contributed by atoms with Gasteiger partial charge in [-0.2, -0.15) is 0 Å². The molecule has 7 nitrogen and oxygen atoms in total. The summed E-state index contributed by atoms with van der Waals surface area (Å²) in [5.74, 6) is -1.06. The summed E-state index contributed by atoms with van der Waals surface area (Å²) in [6.07, 6.45) is 0.0622. The van der Waals surface area contributed by atoms with Crippen molar-refractivity contribution in [1.82, 2.24) is 5.32 Å². The van der Waals surface area contributed by atoms with E-state index in [0.29, 0.717) is 32.6 Å². The number of rotatable bonds is 6. The minimum atomic E-state index is -1.28. The van der Waals surface area contributed by atoms with Crippen LogP contribution in [0.5, 0.6) is 5.75 Å². The first-order valence-electron chi connectivity index (χ1n) is 13.1. The number of aryl methyl sites for hydroxylation is 1. The van der Waals surface area contributed by atoms with E-state index in [1.54, 1.807) is 38.1 Å². The van der Waals surface area contributed by atoms with Crippen molar-refractivity contribution in [2.75, 3.05) is 19.0 Å². The van der Waals surface area contributed by atoms with Crippen molar-refractivity contribution in [3.63, 3.8) is 0 Å². The topological polar surface area (TPSA) is 93.7 Å². The van der Waals surface area contributed by atoms with Crippen LogP contribution in [0.1, 0.15) is 54.5 Å². The molecule has 1 fully saturated rings. The average molecular weight is 660 g/mol. The van der Waals surface area contributed by atoms with Gasteiger partial charge in [0.15, 0.2) is 0 Å². The molecule has 3 aromatic rings. The van der Waals surface area contributed by atoms with Crippen LogP contribution in [0.15, 0.2) is 59.1 Å². The molecule has 5 rings (SSSR count). The molecule has 0 aromatic heterocycles. The van der Waals surface area contributed by atoms with E-state index in [1.165, 1.54) is 7.11 Å². The highest BCUT2D eigenvalue weighted by Crippen LogP contribution is 2.59. The van der Waals surface area contributed by atoms with Gasteiger partial charge in [0.05, 0.1) is 18.6 Å². The van der Waals surface area contributed by atoms with E-state index >= 15 is 0 Å². The van der Waals surface area contributed by atoms with E-state index < -0.39 is 28.8 Å². The molecule has 10 heteroatoms. The first-order chi connectivity index (χ1) is 19.4. The van der Waals surface area contributed by atoms with Crippen molar-refractivity contribution < 1.29 is 23.9 Å². The van der Waals surface area contributed by atoms with Crippen molar-refractivity contribution in [2.45, 2.75) is 44.6 Å². The Kier molecular flexibility index (Phi) is 7.87. The Bertz CT molecular complexity index is 1580. The molecule has 3 aromatic carbocycles. The molecule has 2 aliphatic heterocycles. The molecule has 1 spiro atoms. The fourth-order valence-electron chi connectivity index (χ4n) is 5.98. The second-order valence-electron chi connectivity index (χ2n) is 11.1. The van der Waals surface area contributed by atoms with Crippen LogP contribution >= 0.6 is 39.1 Å². The van der Waals surface area contributed by atoms with Crippen molar-refractivity contribution in [3.8, 4) is 5.75 Å². The summed E-state index contributed by atoms with van der Waals surface area (Å²) in [6.45, 7) is 5.41. The van der Waals surface area contributed by atoms with Gasteiger partial charge >= 0.3 is 5.97 Å². The number of esters is 1. The van der Waals surface area contributed by atoms with E-state index in [2.05, 4.69) is 26.6 Å². The molecule has 3 atom stereocenters. The number of fused-ring (bicyclic) bond motifs is 2. The fourth-order valence-corrected chi connectivity index (χ4v) is 6.71. The summed E-state index contributed by atoms with van der Waals surface area (Å²) < 4.78 is 11.9. The molecule has 0 bridgehead atoms. The van der Waals surface area contributed by atoms with Crippen LogP contribution in [0.3, 0.4) is 0 Å². The number of halogens is 3. The molecule has 2 amide bonds. The Balaban J connectivity index is 1.75. The van der Waals surface area contributed by atoms with E-state index in [-0.39, 0.29) is 24.8 Å². The first kappa shape index (κ1) is 29.4. The molecule has 2 N–H and O–H groups in total. The molecule has 0 saturated carbocycles. The lowest BCUT2D eigenvalue weighted by Gasteiger charge is -2.47. The van der Waals surface area contributed by atoms with Crippen LogP contribution in [-0.2, 0) is 24.5 Å². The third kappa shape index (κ3) is 5.11. The van der Waals surface area contributed by atoms with E-state index in [1.807, 2.05) is 37.3 Å². The van der Waals surface area contributed by atoms with Crippen LogP contribution in [0, 0.1) is 12.3 Å². The zero-order valence-corrected chi connectivity index (χ0v) is 26.0. The third-order valence-electron chi connectivity index (χ3n) is 7.98. The van der Waals surface area contributed by atoms with Crippen LogP contribution in [0.4, 0.5) is 5.69 Å². The van der Waals surface area contributed by atoms with Gasteiger partial charge in [0.1, 0.15) is 17.8 Å². The standard InChI is InChI=1S/C31H29BrCl2N2O5/c1-16-5-7-18(33)12-20(16)23-14-26(37)36-27(31(23)22-9-8-19(34)13-24(22)35-28(31)38)21-11-17(32)6-10-25(21)41-15-30(2,3)29(39)40-4/h5-13,23,27H,14-15H2,1-4H3,(H,35,38)(H,36,37)/t23-,27+,31-/m0/s1. The Labute approximate surface area is 257 Å². The minimum absolute atomic E-state index is 0.0111. The zero-order chi connectivity index (χ0) is 29.7. The molecule has 214 valence electrons. The van der Waals surface area contributed by atoms with Crippen molar-refractivity contribution in [2.24, 2.45) is 5.41 Å². The number of methoxy groups -OCH3 is 1. The number of hydrogen-bond acceptors (Lipinski definition) is 5. The summed E-state index contributed by atoms with van der Waals surface area (Å²) >= 11 is 16.4. The van der Waals surface area contributed by atoms with Crippen LogP contribution in [0.25, 0.3) is 0 Å². The highest BCUT2D eigenvalue weighted by Gasteiger charge is 2.62. The van der Waals surface area contributed by atoms with Crippen LogP contribution in [0.2, 0.25) is 10.0 Å².